The largest absolute Gasteiger partial charge is 0.352 e. The van der Waals surface area contributed by atoms with Crippen LogP contribution in [-0.2, 0) is 4.79 Å². The fourth-order valence-electron chi connectivity index (χ4n) is 2.64. The molecular formula is C15H25N5O. The van der Waals surface area contributed by atoms with Crippen LogP contribution in [0.15, 0.2) is 18.5 Å². The van der Waals surface area contributed by atoms with Gasteiger partial charge in [0.2, 0.25) is 11.9 Å². The Bertz CT molecular complexity index is 425. The van der Waals surface area contributed by atoms with E-state index in [0.29, 0.717) is 13.0 Å². The highest BCUT2D eigenvalue weighted by Crippen LogP contribution is 2.15. The first-order chi connectivity index (χ1) is 10.3. The van der Waals surface area contributed by atoms with Crippen molar-refractivity contribution >= 4 is 11.9 Å². The number of carbonyl (C=O) groups excluding carboxylic acids is 1. The lowest BCUT2D eigenvalue weighted by atomic mass is 10.1. The van der Waals surface area contributed by atoms with Gasteiger partial charge in [0.15, 0.2) is 0 Å². The molecule has 0 spiro atoms. The van der Waals surface area contributed by atoms with Crippen molar-refractivity contribution in [3.63, 3.8) is 0 Å². The van der Waals surface area contributed by atoms with Crippen molar-refractivity contribution in [2.24, 2.45) is 5.73 Å². The molecule has 1 unspecified atom stereocenters. The summed E-state index contributed by atoms with van der Waals surface area (Å²) in [6, 6.07) is 2.01. The van der Waals surface area contributed by atoms with Crippen molar-refractivity contribution in [3.8, 4) is 0 Å². The second-order valence-corrected chi connectivity index (χ2v) is 5.50. The third-order valence-corrected chi connectivity index (χ3v) is 3.73. The second kappa shape index (κ2) is 8.56. The Morgan fingerprint density at radius 2 is 2.14 bits per heavy atom. The molecule has 0 saturated carbocycles. The SMILES string of the molecule is NCCCCCC(=O)NC1CCCN(c2ncccn2)C1. The number of unbranched alkanes of at least 4 members (excludes halogenated alkanes) is 2. The minimum Gasteiger partial charge on any atom is -0.352 e. The molecule has 2 rings (SSSR count). The summed E-state index contributed by atoms with van der Waals surface area (Å²) >= 11 is 0. The number of piperidine rings is 1. The van der Waals surface area contributed by atoms with Crippen LogP contribution in [0.4, 0.5) is 5.95 Å². The van der Waals surface area contributed by atoms with Gasteiger partial charge in [0.1, 0.15) is 0 Å². The van der Waals surface area contributed by atoms with Gasteiger partial charge in [-0.2, -0.15) is 0 Å². The summed E-state index contributed by atoms with van der Waals surface area (Å²) in [6.45, 7) is 2.45. The summed E-state index contributed by atoms with van der Waals surface area (Å²) in [7, 11) is 0. The highest BCUT2D eigenvalue weighted by atomic mass is 16.1. The molecule has 0 radical (unpaired) electrons. The Hall–Kier alpha value is -1.69. The maximum absolute atomic E-state index is 11.9. The van der Waals surface area contributed by atoms with Crippen LogP contribution in [0.1, 0.15) is 38.5 Å². The van der Waals surface area contributed by atoms with Crippen LogP contribution in [-0.4, -0.2) is 41.6 Å². The first-order valence-electron chi connectivity index (χ1n) is 7.81. The minimum atomic E-state index is 0.146. The molecule has 1 fully saturated rings. The summed E-state index contributed by atoms with van der Waals surface area (Å²) in [6.07, 6.45) is 9.12. The summed E-state index contributed by atoms with van der Waals surface area (Å²) in [5.41, 5.74) is 5.45. The Labute approximate surface area is 126 Å². The number of rotatable bonds is 7. The van der Waals surface area contributed by atoms with E-state index in [1.807, 2.05) is 6.07 Å². The van der Waals surface area contributed by atoms with Crippen molar-refractivity contribution in [1.29, 1.82) is 0 Å². The van der Waals surface area contributed by atoms with Crippen molar-refractivity contribution in [2.75, 3.05) is 24.5 Å². The zero-order valence-electron chi connectivity index (χ0n) is 12.5. The number of nitrogens with one attached hydrogen (secondary N) is 1. The predicted molar refractivity (Wildman–Crippen MR) is 82.9 cm³/mol. The van der Waals surface area contributed by atoms with Gasteiger partial charge in [-0.15, -0.1) is 0 Å². The lowest BCUT2D eigenvalue weighted by molar-refractivity contribution is -0.122. The highest BCUT2D eigenvalue weighted by molar-refractivity contribution is 5.76. The van der Waals surface area contributed by atoms with Gasteiger partial charge in [-0.05, 0) is 38.3 Å². The summed E-state index contributed by atoms with van der Waals surface area (Å²) < 4.78 is 0. The fraction of sp³-hybridized carbons (Fsp3) is 0.667. The summed E-state index contributed by atoms with van der Waals surface area (Å²) in [4.78, 5) is 22.6. The molecule has 1 amide bonds. The maximum atomic E-state index is 11.9. The van der Waals surface area contributed by atoms with E-state index in [-0.39, 0.29) is 11.9 Å². The summed E-state index contributed by atoms with van der Waals surface area (Å²) in [5, 5.41) is 3.13. The van der Waals surface area contributed by atoms with Gasteiger partial charge < -0.3 is 16.0 Å². The van der Waals surface area contributed by atoms with Crippen LogP contribution in [0, 0.1) is 0 Å². The first-order valence-corrected chi connectivity index (χ1v) is 7.81. The molecule has 3 N–H and O–H groups in total. The van der Waals surface area contributed by atoms with Gasteiger partial charge in [0.05, 0.1) is 0 Å². The molecule has 1 aromatic rings. The molecule has 0 aliphatic carbocycles. The zero-order chi connectivity index (χ0) is 14.9. The number of hydrogen-bond acceptors (Lipinski definition) is 5. The van der Waals surface area contributed by atoms with Gasteiger partial charge in [-0.3, -0.25) is 4.79 Å². The van der Waals surface area contributed by atoms with Crippen LogP contribution in [0.25, 0.3) is 0 Å². The minimum absolute atomic E-state index is 0.146. The molecular weight excluding hydrogens is 266 g/mol. The Morgan fingerprint density at radius 3 is 2.90 bits per heavy atom. The molecule has 116 valence electrons. The molecule has 6 heteroatoms. The molecule has 1 atom stereocenters. The average molecular weight is 291 g/mol. The van der Waals surface area contributed by atoms with E-state index in [9.17, 15) is 4.79 Å². The van der Waals surface area contributed by atoms with Crippen LogP contribution in [0.2, 0.25) is 0 Å². The van der Waals surface area contributed by atoms with Gasteiger partial charge in [0, 0.05) is 37.9 Å². The number of nitrogens with zero attached hydrogens (tertiary/aromatic N) is 3. The average Bonchev–Trinajstić information content (AvgIpc) is 2.53. The number of amides is 1. The quantitative estimate of drug-likeness (QED) is 0.734. The predicted octanol–water partition coefficient (Wildman–Crippen LogP) is 1.08. The Morgan fingerprint density at radius 1 is 1.33 bits per heavy atom. The van der Waals surface area contributed by atoms with Crippen LogP contribution in [0.5, 0.6) is 0 Å². The van der Waals surface area contributed by atoms with E-state index in [1.165, 1.54) is 0 Å². The van der Waals surface area contributed by atoms with Gasteiger partial charge in [0.25, 0.3) is 0 Å². The molecule has 0 bridgehead atoms. The van der Waals surface area contributed by atoms with E-state index >= 15 is 0 Å². The lowest BCUT2D eigenvalue weighted by Crippen LogP contribution is -2.48. The summed E-state index contributed by atoms with van der Waals surface area (Å²) in [5.74, 6) is 0.896. The maximum Gasteiger partial charge on any atom is 0.225 e. The zero-order valence-corrected chi connectivity index (χ0v) is 12.5. The van der Waals surface area contributed by atoms with Gasteiger partial charge >= 0.3 is 0 Å². The van der Waals surface area contributed by atoms with E-state index in [0.717, 1.165) is 51.1 Å². The molecule has 1 aliphatic rings. The number of nitrogens with two attached hydrogens (primary N) is 1. The third kappa shape index (κ3) is 5.30. The third-order valence-electron chi connectivity index (χ3n) is 3.73. The van der Waals surface area contributed by atoms with E-state index in [4.69, 9.17) is 5.73 Å². The van der Waals surface area contributed by atoms with Crippen LogP contribution < -0.4 is 16.0 Å². The van der Waals surface area contributed by atoms with E-state index in [1.54, 1.807) is 12.4 Å². The number of aromatic nitrogens is 2. The molecule has 21 heavy (non-hydrogen) atoms. The molecule has 1 saturated heterocycles. The van der Waals surface area contributed by atoms with Gasteiger partial charge in [-0.1, -0.05) is 6.42 Å². The monoisotopic (exact) mass is 291 g/mol. The Kier molecular flexibility index (Phi) is 6.40. The molecule has 0 aromatic carbocycles. The first kappa shape index (κ1) is 15.7. The highest BCUT2D eigenvalue weighted by Gasteiger charge is 2.22. The van der Waals surface area contributed by atoms with E-state index < -0.39 is 0 Å². The molecule has 2 heterocycles. The topological polar surface area (TPSA) is 84.1 Å². The fourth-order valence-corrected chi connectivity index (χ4v) is 2.64. The number of anilines is 1. The molecule has 6 nitrogen and oxygen atoms in total. The van der Waals surface area contributed by atoms with Crippen LogP contribution in [0.3, 0.4) is 0 Å². The molecule has 1 aliphatic heterocycles. The van der Waals surface area contributed by atoms with Crippen molar-refractivity contribution in [1.82, 2.24) is 15.3 Å². The van der Waals surface area contributed by atoms with Crippen LogP contribution >= 0.6 is 0 Å². The standard InChI is InChI=1S/C15H25N5O/c16-8-3-1-2-7-14(21)19-13-6-4-11-20(12-13)15-17-9-5-10-18-15/h5,9-10,13H,1-4,6-8,11-12,16H2,(H,19,21). The van der Waals surface area contributed by atoms with Crippen molar-refractivity contribution in [3.05, 3.63) is 18.5 Å². The molecule has 1 aromatic heterocycles. The van der Waals surface area contributed by atoms with Crippen molar-refractivity contribution in [2.45, 2.75) is 44.6 Å². The number of carbonyl (C=O) groups is 1. The second-order valence-electron chi connectivity index (χ2n) is 5.50. The Balaban J connectivity index is 1.75. The normalized spacial score (nSPS) is 18.5. The smallest absolute Gasteiger partial charge is 0.225 e. The van der Waals surface area contributed by atoms with Gasteiger partial charge in [-0.25, -0.2) is 9.97 Å². The number of hydrogen-bond donors (Lipinski definition) is 2. The van der Waals surface area contributed by atoms with E-state index in [2.05, 4.69) is 20.2 Å². The lowest BCUT2D eigenvalue weighted by Gasteiger charge is -2.33. The van der Waals surface area contributed by atoms with Crippen molar-refractivity contribution < 1.29 is 4.79 Å².